The van der Waals surface area contributed by atoms with Gasteiger partial charge in [0.2, 0.25) is 11.9 Å². The van der Waals surface area contributed by atoms with Crippen molar-refractivity contribution in [2.24, 2.45) is 5.92 Å². The Kier molecular flexibility index (Phi) is 8.31. The summed E-state index contributed by atoms with van der Waals surface area (Å²) < 4.78 is 78.5. The van der Waals surface area contributed by atoms with Gasteiger partial charge in [0.25, 0.3) is 0 Å². The number of alkyl halides is 6. The third kappa shape index (κ3) is 6.39. The van der Waals surface area contributed by atoms with Crippen molar-refractivity contribution in [3.05, 3.63) is 28.8 Å². The smallest absolute Gasteiger partial charge is 0.371 e. The predicted octanol–water partition coefficient (Wildman–Crippen LogP) is 4.79. The van der Waals surface area contributed by atoms with Gasteiger partial charge in [-0.25, -0.2) is 0 Å². The Bertz CT molecular complexity index is 891. The van der Waals surface area contributed by atoms with E-state index >= 15 is 0 Å². The van der Waals surface area contributed by atoms with Gasteiger partial charge in [0.15, 0.2) is 0 Å². The lowest BCUT2D eigenvalue weighted by Crippen LogP contribution is -2.60. The van der Waals surface area contributed by atoms with Gasteiger partial charge >= 0.3 is 12.4 Å². The SMILES string of the molecule is O=C(C1CCN(c2cc(Cl)ccc2CN2CCN(C(C(F)(F)F)C(F)(F)F)CC2)CC1)N1CCCC1. The number of rotatable bonds is 5. The third-order valence-corrected chi connectivity index (χ3v) is 7.67. The summed E-state index contributed by atoms with van der Waals surface area (Å²) in [5.41, 5.74) is 1.82. The first kappa shape index (κ1) is 27.3. The lowest BCUT2D eigenvalue weighted by Gasteiger charge is -2.41. The molecular formula is C24H31ClF6N4O. The lowest BCUT2D eigenvalue weighted by atomic mass is 9.94. The van der Waals surface area contributed by atoms with Crippen molar-refractivity contribution in [1.82, 2.24) is 14.7 Å². The molecule has 3 fully saturated rings. The monoisotopic (exact) mass is 540 g/mol. The second-order valence-electron chi connectivity index (χ2n) is 9.86. The standard InChI is InChI=1S/C24H31ClF6N4O/c25-19-4-3-18(16-32-11-13-35(14-12-32)22(23(26,27)28)24(29,30)31)20(15-19)33-9-5-17(6-10-33)21(36)34-7-1-2-8-34/h3-4,15,17,22H,1-2,5-14,16H2. The van der Waals surface area contributed by atoms with Gasteiger partial charge in [-0.2, -0.15) is 26.3 Å². The molecule has 36 heavy (non-hydrogen) atoms. The van der Waals surface area contributed by atoms with Gasteiger partial charge in [0.1, 0.15) is 0 Å². The molecule has 3 saturated heterocycles. The molecule has 0 atom stereocenters. The van der Waals surface area contributed by atoms with E-state index in [1.54, 1.807) is 6.07 Å². The fourth-order valence-corrected chi connectivity index (χ4v) is 5.71. The van der Waals surface area contributed by atoms with E-state index in [1.165, 1.54) is 0 Å². The molecule has 5 nitrogen and oxygen atoms in total. The summed E-state index contributed by atoms with van der Waals surface area (Å²) in [6, 6.07) is 2.01. The molecule has 4 rings (SSSR count). The van der Waals surface area contributed by atoms with Gasteiger partial charge in [-0.15, -0.1) is 0 Å². The summed E-state index contributed by atoms with van der Waals surface area (Å²) in [5, 5.41) is 0.548. The number of hydrogen-bond donors (Lipinski definition) is 0. The van der Waals surface area contributed by atoms with E-state index in [9.17, 15) is 31.1 Å². The molecule has 0 N–H and O–H groups in total. The Morgan fingerprint density at radius 1 is 0.889 bits per heavy atom. The van der Waals surface area contributed by atoms with Crippen LogP contribution in [0, 0.1) is 5.92 Å². The summed E-state index contributed by atoms with van der Waals surface area (Å²) in [7, 11) is 0. The maximum atomic E-state index is 13.1. The topological polar surface area (TPSA) is 30.0 Å². The number of carbonyl (C=O) groups is 1. The first-order chi connectivity index (χ1) is 16.9. The molecule has 0 bridgehead atoms. The number of anilines is 1. The van der Waals surface area contributed by atoms with Gasteiger partial charge in [0, 0.05) is 75.5 Å². The number of amides is 1. The number of likely N-dealkylation sites (tertiary alicyclic amines) is 1. The highest BCUT2D eigenvalue weighted by Gasteiger charge is 2.59. The van der Waals surface area contributed by atoms with Crippen molar-refractivity contribution in [2.75, 3.05) is 57.3 Å². The van der Waals surface area contributed by atoms with E-state index in [1.807, 2.05) is 21.9 Å². The molecule has 0 aliphatic carbocycles. The van der Waals surface area contributed by atoms with Crippen LogP contribution in [0.1, 0.15) is 31.2 Å². The van der Waals surface area contributed by atoms with Crippen molar-refractivity contribution in [2.45, 2.75) is 50.6 Å². The highest BCUT2D eigenvalue weighted by molar-refractivity contribution is 6.30. The quantitative estimate of drug-likeness (QED) is 0.503. The van der Waals surface area contributed by atoms with Crippen LogP contribution in [-0.2, 0) is 11.3 Å². The minimum absolute atomic E-state index is 0.00488. The second-order valence-corrected chi connectivity index (χ2v) is 10.3. The average Bonchev–Trinajstić information content (AvgIpc) is 3.34. The molecule has 202 valence electrons. The molecular weight excluding hydrogens is 510 g/mol. The summed E-state index contributed by atoms with van der Waals surface area (Å²) in [5.74, 6) is 0.234. The van der Waals surface area contributed by atoms with Gasteiger partial charge in [-0.05, 0) is 43.4 Å². The van der Waals surface area contributed by atoms with Crippen LogP contribution in [0.4, 0.5) is 32.0 Å². The number of nitrogens with zero attached hydrogens (tertiary/aromatic N) is 4. The normalized spacial score (nSPS) is 21.6. The van der Waals surface area contributed by atoms with Crippen LogP contribution in [-0.4, -0.2) is 91.4 Å². The van der Waals surface area contributed by atoms with Crippen molar-refractivity contribution >= 4 is 23.2 Å². The van der Waals surface area contributed by atoms with E-state index in [0.29, 0.717) is 29.6 Å². The molecule has 3 heterocycles. The fraction of sp³-hybridized carbons (Fsp3) is 0.708. The maximum Gasteiger partial charge on any atom is 0.412 e. The fourth-order valence-electron chi connectivity index (χ4n) is 5.55. The van der Waals surface area contributed by atoms with Crippen LogP contribution in [0.15, 0.2) is 18.2 Å². The summed E-state index contributed by atoms with van der Waals surface area (Å²) in [6.07, 6.45) is -7.17. The first-order valence-corrected chi connectivity index (χ1v) is 12.7. The third-order valence-electron chi connectivity index (χ3n) is 7.44. The number of halogens is 7. The molecule has 0 aromatic heterocycles. The molecule has 12 heteroatoms. The van der Waals surface area contributed by atoms with Crippen LogP contribution in [0.25, 0.3) is 0 Å². The van der Waals surface area contributed by atoms with E-state index in [0.717, 1.165) is 50.0 Å². The molecule has 3 aliphatic rings. The second kappa shape index (κ2) is 10.9. The van der Waals surface area contributed by atoms with Crippen LogP contribution in [0.3, 0.4) is 0 Å². The van der Waals surface area contributed by atoms with E-state index in [2.05, 4.69) is 4.90 Å². The Labute approximate surface area is 211 Å². The maximum absolute atomic E-state index is 13.1. The minimum Gasteiger partial charge on any atom is -0.371 e. The Morgan fingerprint density at radius 3 is 2.03 bits per heavy atom. The van der Waals surface area contributed by atoms with Gasteiger partial charge in [0.05, 0.1) is 0 Å². The summed E-state index contributed by atoms with van der Waals surface area (Å²) in [6.45, 7) is 2.97. The molecule has 1 aromatic rings. The van der Waals surface area contributed by atoms with Crippen molar-refractivity contribution in [3.63, 3.8) is 0 Å². The van der Waals surface area contributed by atoms with Crippen molar-refractivity contribution in [1.29, 1.82) is 0 Å². The minimum atomic E-state index is -5.37. The number of benzene rings is 1. The number of piperidine rings is 1. The van der Waals surface area contributed by atoms with E-state index in [-0.39, 0.29) is 38.0 Å². The highest BCUT2D eigenvalue weighted by atomic mass is 35.5. The summed E-state index contributed by atoms with van der Waals surface area (Å²) >= 11 is 6.26. The molecule has 0 saturated carbocycles. The Morgan fingerprint density at radius 2 is 1.47 bits per heavy atom. The molecule has 1 aromatic carbocycles. The number of carbonyl (C=O) groups excluding carboxylic acids is 1. The summed E-state index contributed by atoms with van der Waals surface area (Å²) in [4.78, 5) is 19.2. The van der Waals surface area contributed by atoms with Crippen LogP contribution in [0.5, 0.6) is 0 Å². The predicted molar refractivity (Wildman–Crippen MR) is 125 cm³/mol. The zero-order chi connectivity index (χ0) is 26.1. The van der Waals surface area contributed by atoms with E-state index < -0.39 is 18.4 Å². The lowest BCUT2D eigenvalue weighted by molar-refractivity contribution is -0.289. The first-order valence-electron chi connectivity index (χ1n) is 12.4. The Balaban J connectivity index is 1.37. The molecule has 1 amide bonds. The van der Waals surface area contributed by atoms with Crippen LogP contribution < -0.4 is 4.90 Å². The molecule has 0 radical (unpaired) electrons. The zero-order valence-corrected chi connectivity index (χ0v) is 20.7. The van der Waals surface area contributed by atoms with Gasteiger partial charge in [-0.1, -0.05) is 17.7 Å². The number of hydrogen-bond acceptors (Lipinski definition) is 4. The van der Waals surface area contributed by atoms with Crippen molar-refractivity contribution < 1.29 is 31.1 Å². The van der Waals surface area contributed by atoms with Crippen LogP contribution >= 0.6 is 11.6 Å². The molecule has 0 unspecified atom stereocenters. The van der Waals surface area contributed by atoms with Crippen LogP contribution in [0.2, 0.25) is 5.02 Å². The average molecular weight is 541 g/mol. The largest absolute Gasteiger partial charge is 0.412 e. The molecule has 0 spiro atoms. The van der Waals surface area contributed by atoms with Gasteiger partial charge in [-0.3, -0.25) is 14.6 Å². The van der Waals surface area contributed by atoms with Gasteiger partial charge < -0.3 is 9.80 Å². The highest BCUT2D eigenvalue weighted by Crippen LogP contribution is 2.38. The van der Waals surface area contributed by atoms with Crippen molar-refractivity contribution in [3.8, 4) is 0 Å². The Hall–Kier alpha value is -1.72. The zero-order valence-electron chi connectivity index (χ0n) is 19.9. The number of piperazine rings is 1. The van der Waals surface area contributed by atoms with E-state index in [4.69, 9.17) is 11.6 Å². The molecule has 3 aliphatic heterocycles.